The molecule has 0 aromatic heterocycles. The van der Waals surface area contributed by atoms with Crippen molar-refractivity contribution >= 4 is 30.5 Å². The average Bonchev–Trinajstić information content (AvgIpc) is 3.45. The van der Waals surface area contributed by atoms with Gasteiger partial charge >= 0.3 is 17.9 Å². The van der Waals surface area contributed by atoms with Gasteiger partial charge in [-0.15, -0.1) is 0 Å². The first-order valence-electron chi connectivity index (χ1n) is 22.1. The van der Waals surface area contributed by atoms with Gasteiger partial charge in [0.1, 0.15) is 13.2 Å². The van der Waals surface area contributed by atoms with Crippen molar-refractivity contribution in [3.8, 4) is 0 Å². The standard InChI is InChI=1S/C46H78O9S/c1-10-35(42(49)53-27-25-51-23-22-50-24-26-52-40(47)30-56)28-33(4)41(48)55-31-54-37-16-18-45(8)36(29-37)14-15-39-44(7)21-20-43(6,34(5)13-11-12-32(2)3)38(44)17-19-46(39,45)9/h14,32-35,37-39,56H,10-13,15-31H2,1-9H3/t33?,34-,35?,37?,38-,39+,43-,44-,45+,46+/m1/s1. The fourth-order valence-electron chi connectivity index (χ4n) is 11.7. The van der Waals surface area contributed by atoms with Crippen LogP contribution in [0.4, 0.5) is 0 Å². The minimum absolute atomic E-state index is 0.0377. The Morgan fingerprint density at radius 3 is 2.14 bits per heavy atom. The molecule has 3 saturated carbocycles. The zero-order valence-electron chi connectivity index (χ0n) is 36.6. The van der Waals surface area contributed by atoms with Gasteiger partial charge < -0.3 is 28.4 Å². The van der Waals surface area contributed by atoms with Gasteiger partial charge in [0.25, 0.3) is 0 Å². The topological polar surface area (TPSA) is 107 Å². The van der Waals surface area contributed by atoms with Gasteiger partial charge in [-0.3, -0.25) is 14.4 Å². The first-order valence-corrected chi connectivity index (χ1v) is 22.7. The molecule has 0 saturated heterocycles. The zero-order chi connectivity index (χ0) is 41.1. The number of carbonyl (C=O) groups is 3. The molecule has 10 heteroatoms. The van der Waals surface area contributed by atoms with Crippen LogP contribution < -0.4 is 0 Å². The van der Waals surface area contributed by atoms with E-state index in [1.807, 2.05) is 6.92 Å². The smallest absolute Gasteiger partial charge is 0.315 e. The van der Waals surface area contributed by atoms with E-state index in [4.69, 9.17) is 28.4 Å². The highest BCUT2D eigenvalue weighted by Gasteiger charge is 2.67. The second-order valence-corrected chi connectivity index (χ2v) is 19.5. The number of thiol groups is 1. The van der Waals surface area contributed by atoms with Crippen LogP contribution >= 0.6 is 12.6 Å². The molecule has 0 heterocycles. The van der Waals surface area contributed by atoms with Crippen LogP contribution in [0.2, 0.25) is 0 Å². The van der Waals surface area contributed by atoms with Gasteiger partial charge in [0.05, 0.1) is 50.1 Å². The minimum atomic E-state index is -0.457. The quantitative estimate of drug-likeness (QED) is 0.0270. The van der Waals surface area contributed by atoms with Gasteiger partial charge in [-0.1, -0.05) is 93.2 Å². The number of ether oxygens (including phenoxy) is 6. The summed E-state index contributed by atoms with van der Waals surface area (Å²) in [6.45, 7) is 22.9. The molecule has 322 valence electrons. The fourth-order valence-corrected chi connectivity index (χ4v) is 11.8. The van der Waals surface area contributed by atoms with Crippen LogP contribution in [-0.4, -0.2) is 76.2 Å². The molecule has 0 amide bonds. The van der Waals surface area contributed by atoms with Crippen molar-refractivity contribution < 1.29 is 42.8 Å². The van der Waals surface area contributed by atoms with E-state index in [9.17, 15) is 14.4 Å². The van der Waals surface area contributed by atoms with Crippen molar-refractivity contribution in [2.75, 3.05) is 52.2 Å². The Morgan fingerprint density at radius 1 is 0.804 bits per heavy atom. The lowest BCUT2D eigenvalue weighted by Crippen LogP contribution is -2.58. The van der Waals surface area contributed by atoms with Crippen molar-refractivity contribution in [3.05, 3.63) is 11.6 Å². The van der Waals surface area contributed by atoms with E-state index < -0.39 is 11.8 Å². The lowest BCUT2D eigenvalue weighted by atomic mass is 9.39. The molecule has 4 aliphatic carbocycles. The maximum atomic E-state index is 13.0. The second-order valence-electron chi connectivity index (χ2n) is 19.2. The molecular formula is C46H78O9S. The highest BCUT2D eigenvalue weighted by atomic mass is 32.1. The molecule has 4 aliphatic rings. The van der Waals surface area contributed by atoms with Crippen LogP contribution in [0.5, 0.6) is 0 Å². The van der Waals surface area contributed by atoms with E-state index >= 15 is 0 Å². The molecule has 0 bridgehead atoms. The molecule has 0 N–H and O–H groups in total. The number of rotatable bonds is 23. The second kappa shape index (κ2) is 21.1. The summed E-state index contributed by atoms with van der Waals surface area (Å²) < 4.78 is 32.9. The Morgan fingerprint density at radius 2 is 1.48 bits per heavy atom. The van der Waals surface area contributed by atoms with Crippen molar-refractivity contribution in [1.82, 2.24) is 0 Å². The molecule has 9 nitrogen and oxygen atoms in total. The van der Waals surface area contributed by atoms with E-state index in [2.05, 4.69) is 67.2 Å². The number of hydrogen-bond acceptors (Lipinski definition) is 10. The van der Waals surface area contributed by atoms with E-state index in [1.165, 1.54) is 51.4 Å². The lowest BCUT2D eigenvalue weighted by Gasteiger charge is -2.66. The van der Waals surface area contributed by atoms with Crippen molar-refractivity contribution in [1.29, 1.82) is 0 Å². The molecule has 10 atom stereocenters. The van der Waals surface area contributed by atoms with Crippen LogP contribution in [0, 0.1) is 57.2 Å². The van der Waals surface area contributed by atoms with Gasteiger partial charge in [0, 0.05) is 0 Å². The van der Waals surface area contributed by atoms with Crippen molar-refractivity contribution in [2.24, 2.45) is 57.2 Å². The third kappa shape index (κ3) is 10.9. The first-order chi connectivity index (χ1) is 26.6. The van der Waals surface area contributed by atoms with Crippen molar-refractivity contribution in [3.63, 3.8) is 0 Å². The Labute approximate surface area is 345 Å². The third-order valence-electron chi connectivity index (χ3n) is 15.7. The number of carbonyl (C=O) groups excluding carboxylic acids is 3. The highest BCUT2D eigenvalue weighted by molar-refractivity contribution is 7.81. The van der Waals surface area contributed by atoms with Gasteiger partial charge in [0.2, 0.25) is 0 Å². The molecule has 0 aromatic rings. The molecule has 0 radical (unpaired) electrons. The molecule has 0 aromatic carbocycles. The number of fused-ring (bicyclic) bond motifs is 5. The average molecular weight is 807 g/mol. The fraction of sp³-hybridized carbons (Fsp3) is 0.891. The van der Waals surface area contributed by atoms with E-state index in [1.54, 1.807) is 12.5 Å². The molecule has 0 aliphatic heterocycles. The van der Waals surface area contributed by atoms with Gasteiger partial charge in [-0.05, 0) is 110 Å². The Bertz CT molecular complexity index is 1320. The number of allylic oxidation sites excluding steroid dienone is 1. The summed E-state index contributed by atoms with van der Waals surface area (Å²) in [7, 11) is 0. The van der Waals surface area contributed by atoms with E-state index in [-0.39, 0.29) is 73.8 Å². The summed E-state index contributed by atoms with van der Waals surface area (Å²) in [4.78, 5) is 36.8. The Hall–Kier alpha value is -1.62. The van der Waals surface area contributed by atoms with Crippen LogP contribution in [0.25, 0.3) is 0 Å². The van der Waals surface area contributed by atoms with E-state index in [0.717, 1.165) is 37.0 Å². The Kier molecular flexibility index (Phi) is 17.7. The summed E-state index contributed by atoms with van der Waals surface area (Å²) in [6.07, 6.45) is 17.2. The maximum Gasteiger partial charge on any atom is 0.315 e. The summed E-state index contributed by atoms with van der Waals surface area (Å²) in [5.41, 5.74) is 2.85. The lowest BCUT2D eigenvalue weighted by molar-refractivity contribution is -0.171. The van der Waals surface area contributed by atoms with Gasteiger partial charge in [0.15, 0.2) is 6.79 Å². The molecule has 56 heavy (non-hydrogen) atoms. The number of esters is 3. The van der Waals surface area contributed by atoms with Crippen LogP contribution in [0.15, 0.2) is 11.6 Å². The SMILES string of the molecule is CCC(CC(C)C(=O)OCOC1CC[C@@]2(C)C(=CC[C@H]3[C@]4(C)CC[C@](C)([C@H](C)CCCC(C)C)[C@H]4CC[C@@]32C)C1)C(=O)OCCOCCOCCOC(=O)CS. The van der Waals surface area contributed by atoms with E-state index in [0.29, 0.717) is 42.8 Å². The van der Waals surface area contributed by atoms with Crippen molar-refractivity contribution in [2.45, 2.75) is 152 Å². The van der Waals surface area contributed by atoms with Gasteiger partial charge in [-0.25, -0.2) is 0 Å². The monoisotopic (exact) mass is 807 g/mol. The number of hydrogen-bond donors (Lipinski definition) is 1. The zero-order valence-corrected chi connectivity index (χ0v) is 37.5. The summed E-state index contributed by atoms with van der Waals surface area (Å²) >= 11 is 3.84. The molecule has 3 unspecified atom stereocenters. The molecule has 3 fully saturated rings. The Balaban J connectivity index is 1.18. The van der Waals surface area contributed by atoms with Crippen LogP contribution in [-0.2, 0) is 42.8 Å². The largest absolute Gasteiger partial charge is 0.463 e. The minimum Gasteiger partial charge on any atom is -0.463 e. The predicted octanol–water partition coefficient (Wildman–Crippen LogP) is 9.80. The van der Waals surface area contributed by atoms with Crippen LogP contribution in [0.3, 0.4) is 0 Å². The van der Waals surface area contributed by atoms with Gasteiger partial charge in [-0.2, -0.15) is 12.6 Å². The molecular weight excluding hydrogens is 729 g/mol. The summed E-state index contributed by atoms with van der Waals surface area (Å²) in [5, 5.41) is 0. The molecule has 0 spiro atoms. The highest BCUT2D eigenvalue weighted by Crippen LogP contribution is 2.75. The normalized spacial score (nSPS) is 32.7. The first kappa shape index (κ1) is 47.1. The van der Waals surface area contributed by atoms with Crippen LogP contribution in [0.1, 0.15) is 146 Å². The predicted molar refractivity (Wildman–Crippen MR) is 223 cm³/mol. The maximum absolute atomic E-state index is 13.0. The third-order valence-corrected chi connectivity index (χ3v) is 15.9. The summed E-state index contributed by atoms with van der Waals surface area (Å²) in [5.74, 6) is 1.19. The summed E-state index contributed by atoms with van der Waals surface area (Å²) in [6, 6.07) is 0. The molecule has 4 rings (SSSR count).